The molecule has 0 radical (unpaired) electrons. The van der Waals surface area contributed by atoms with Gasteiger partial charge in [0.25, 0.3) is 0 Å². The zero-order valence-corrected chi connectivity index (χ0v) is 14.7. The molecule has 2 rings (SSSR count). The van der Waals surface area contributed by atoms with Crippen LogP contribution in [-0.2, 0) is 9.53 Å². The molecule has 0 bridgehead atoms. The summed E-state index contributed by atoms with van der Waals surface area (Å²) in [6.45, 7) is 4.08. The highest BCUT2D eigenvalue weighted by atomic mass is 16.5. The van der Waals surface area contributed by atoms with Crippen molar-refractivity contribution in [2.45, 2.75) is 13.8 Å². The fraction of sp³-hybridized carbons (Fsp3) is 0.263. The second-order valence-corrected chi connectivity index (χ2v) is 5.47. The van der Waals surface area contributed by atoms with Crippen LogP contribution in [0.4, 0.5) is 21.9 Å². The number of nitrogens with one attached hydrogen (secondary N) is 2. The summed E-state index contributed by atoms with van der Waals surface area (Å²) in [5.41, 5.74) is 3.10. The third kappa shape index (κ3) is 4.97. The number of likely N-dealkylation sites (N-methyl/N-ethyl adjacent to an activating group) is 1. The largest absolute Gasteiger partial charge is 0.450 e. The van der Waals surface area contributed by atoms with Crippen LogP contribution in [0.1, 0.15) is 12.5 Å². The molecule has 2 aromatic carbocycles. The van der Waals surface area contributed by atoms with Crippen molar-refractivity contribution in [3.8, 4) is 0 Å². The van der Waals surface area contributed by atoms with Crippen molar-refractivity contribution in [2.24, 2.45) is 0 Å². The van der Waals surface area contributed by atoms with Gasteiger partial charge in [-0.25, -0.2) is 4.79 Å². The summed E-state index contributed by atoms with van der Waals surface area (Å²) < 4.78 is 4.89. The average Bonchev–Trinajstić information content (AvgIpc) is 2.62. The minimum atomic E-state index is -0.498. The first-order valence-electron chi connectivity index (χ1n) is 8.11. The van der Waals surface area contributed by atoms with Crippen molar-refractivity contribution >= 4 is 29.1 Å². The van der Waals surface area contributed by atoms with Gasteiger partial charge in [-0.15, -0.1) is 0 Å². The van der Waals surface area contributed by atoms with Gasteiger partial charge in [0.1, 0.15) is 0 Å². The Hall–Kier alpha value is -3.02. The molecule has 2 N–H and O–H groups in total. The van der Waals surface area contributed by atoms with Gasteiger partial charge in [0.2, 0.25) is 5.91 Å². The lowest BCUT2D eigenvalue weighted by Gasteiger charge is -2.19. The lowest BCUT2D eigenvalue weighted by molar-refractivity contribution is -0.116. The Labute approximate surface area is 147 Å². The Balaban J connectivity index is 2.01. The topological polar surface area (TPSA) is 70.7 Å². The zero-order chi connectivity index (χ0) is 18.2. The highest BCUT2D eigenvalue weighted by molar-refractivity contribution is 5.96. The number of ether oxygens (including phenoxy) is 1. The minimum Gasteiger partial charge on any atom is -0.450 e. The lowest BCUT2D eigenvalue weighted by Crippen LogP contribution is -2.32. The van der Waals surface area contributed by atoms with Gasteiger partial charge in [-0.3, -0.25) is 10.1 Å². The van der Waals surface area contributed by atoms with Crippen molar-refractivity contribution in [3.63, 3.8) is 0 Å². The predicted molar refractivity (Wildman–Crippen MR) is 100 cm³/mol. The van der Waals surface area contributed by atoms with Gasteiger partial charge in [0.05, 0.1) is 13.2 Å². The Morgan fingerprint density at radius 2 is 1.72 bits per heavy atom. The number of benzene rings is 2. The number of hydrogen-bond acceptors (Lipinski definition) is 4. The van der Waals surface area contributed by atoms with E-state index in [4.69, 9.17) is 4.74 Å². The van der Waals surface area contributed by atoms with Crippen LogP contribution in [0.2, 0.25) is 0 Å². The van der Waals surface area contributed by atoms with E-state index in [1.807, 2.05) is 49.4 Å². The van der Waals surface area contributed by atoms with Crippen LogP contribution in [0, 0.1) is 6.92 Å². The van der Waals surface area contributed by atoms with Crippen LogP contribution in [0.3, 0.4) is 0 Å². The summed E-state index contributed by atoms with van der Waals surface area (Å²) in [6, 6.07) is 14.9. The number of amides is 2. The van der Waals surface area contributed by atoms with E-state index in [2.05, 4.69) is 10.6 Å². The van der Waals surface area contributed by atoms with Crippen molar-refractivity contribution < 1.29 is 14.3 Å². The molecule has 2 aromatic rings. The van der Waals surface area contributed by atoms with Gasteiger partial charge >= 0.3 is 6.09 Å². The fourth-order valence-electron chi connectivity index (χ4n) is 2.32. The summed E-state index contributed by atoms with van der Waals surface area (Å²) in [7, 11) is 1.74. The molecule has 0 unspecified atom stereocenters. The first-order valence-corrected chi connectivity index (χ1v) is 8.11. The highest BCUT2D eigenvalue weighted by Gasteiger charge is 2.12. The minimum absolute atomic E-state index is 0.0608. The van der Waals surface area contributed by atoms with E-state index in [9.17, 15) is 9.59 Å². The van der Waals surface area contributed by atoms with Gasteiger partial charge in [-0.1, -0.05) is 24.3 Å². The number of rotatable bonds is 6. The van der Waals surface area contributed by atoms with Crippen molar-refractivity contribution in [1.29, 1.82) is 0 Å². The molecule has 0 heterocycles. The van der Waals surface area contributed by atoms with E-state index in [0.717, 1.165) is 16.9 Å². The predicted octanol–water partition coefficient (Wildman–Crippen LogP) is 3.64. The van der Waals surface area contributed by atoms with E-state index in [1.54, 1.807) is 24.9 Å². The monoisotopic (exact) mass is 341 g/mol. The van der Waals surface area contributed by atoms with Crippen LogP contribution < -0.4 is 15.5 Å². The van der Waals surface area contributed by atoms with Crippen LogP contribution in [0.5, 0.6) is 0 Å². The molecule has 6 nitrogen and oxygen atoms in total. The Morgan fingerprint density at radius 3 is 2.40 bits per heavy atom. The molecule has 0 saturated heterocycles. The molecule has 0 aliphatic rings. The number of nitrogens with zero attached hydrogens (tertiary/aromatic N) is 1. The summed E-state index contributed by atoms with van der Waals surface area (Å²) in [5, 5.41) is 5.82. The van der Waals surface area contributed by atoms with E-state index in [1.165, 1.54) is 0 Å². The third-order valence-corrected chi connectivity index (χ3v) is 3.79. The molecular formula is C19H23N3O3. The summed E-state index contributed by atoms with van der Waals surface area (Å²) in [5.74, 6) is -0.0608. The Kier molecular flexibility index (Phi) is 6.39. The standard InChI is InChI=1S/C19H23N3O3/c1-4-25-19(24)21-17-12-8-11-16(14(17)2)20-13-18(23)22(3)15-9-6-5-7-10-15/h5-12,20H,4,13H2,1-3H3,(H,21,24). The van der Waals surface area contributed by atoms with E-state index >= 15 is 0 Å². The second-order valence-electron chi connectivity index (χ2n) is 5.47. The molecule has 0 atom stereocenters. The Bertz CT molecular complexity index is 732. The van der Waals surface area contributed by atoms with Crippen LogP contribution >= 0.6 is 0 Å². The van der Waals surface area contributed by atoms with Gasteiger partial charge in [0, 0.05) is 24.1 Å². The maximum atomic E-state index is 12.3. The number of hydrogen-bond donors (Lipinski definition) is 2. The second kappa shape index (κ2) is 8.73. The van der Waals surface area contributed by atoms with Crippen LogP contribution in [0.15, 0.2) is 48.5 Å². The number of carbonyl (C=O) groups excluding carboxylic acids is 2. The third-order valence-electron chi connectivity index (χ3n) is 3.79. The SMILES string of the molecule is CCOC(=O)Nc1cccc(NCC(=O)N(C)c2ccccc2)c1C. The maximum Gasteiger partial charge on any atom is 0.411 e. The molecule has 132 valence electrons. The quantitative estimate of drug-likeness (QED) is 0.841. The summed E-state index contributed by atoms with van der Waals surface area (Å²) in [4.78, 5) is 25.5. The molecule has 6 heteroatoms. The molecule has 0 aliphatic heterocycles. The van der Waals surface area contributed by atoms with E-state index in [-0.39, 0.29) is 12.5 Å². The first-order chi connectivity index (χ1) is 12.0. The van der Waals surface area contributed by atoms with Gasteiger partial charge in [0.15, 0.2) is 0 Å². The number of carbonyl (C=O) groups is 2. The van der Waals surface area contributed by atoms with Gasteiger partial charge < -0.3 is 15.0 Å². The normalized spacial score (nSPS) is 10.0. The molecule has 0 fully saturated rings. The van der Waals surface area contributed by atoms with Gasteiger partial charge in [-0.2, -0.15) is 0 Å². The number of anilines is 3. The van der Waals surface area contributed by atoms with Gasteiger partial charge in [-0.05, 0) is 43.7 Å². The summed E-state index contributed by atoms with van der Waals surface area (Å²) in [6.07, 6.45) is -0.498. The average molecular weight is 341 g/mol. The summed E-state index contributed by atoms with van der Waals surface area (Å²) >= 11 is 0. The molecular weight excluding hydrogens is 318 g/mol. The van der Waals surface area contributed by atoms with Crippen molar-refractivity contribution in [3.05, 3.63) is 54.1 Å². The molecule has 2 amide bonds. The first kappa shape index (κ1) is 18.3. The Morgan fingerprint density at radius 1 is 1.04 bits per heavy atom. The molecule has 0 spiro atoms. The smallest absolute Gasteiger partial charge is 0.411 e. The molecule has 0 saturated carbocycles. The van der Waals surface area contributed by atoms with Crippen LogP contribution in [0.25, 0.3) is 0 Å². The van der Waals surface area contributed by atoms with Crippen molar-refractivity contribution in [2.75, 3.05) is 35.7 Å². The fourth-order valence-corrected chi connectivity index (χ4v) is 2.32. The van der Waals surface area contributed by atoms with Crippen LogP contribution in [-0.4, -0.2) is 32.2 Å². The van der Waals surface area contributed by atoms with E-state index < -0.39 is 6.09 Å². The molecule has 25 heavy (non-hydrogen) atoms. The van der Waals surface area contributed by atoms with Crippen molar-refractivity contribution in [1.82, 2.24) is 0 Å². The number of para-hydroxylation sites is 1. The highest BCUT2D eigenvalue weighted by Crippen LogP contribution is 2.23. The molecule has 0 aliphatic carbocycles. The maximum absolute atomic E-state index is 12.3. The zero-order valence-electron chi connectivity index (χ0n) is 14.7. The lowest BCUT2D eigenvalue weighted by atomic mass is 10.1. The molecule has 0 aromatic heterocycles. The van der Waals surface area contributed by atoms with E-state index in [0.29, 0.717) is 12.3 Å².